The van der Waals surface area contributed by atoms with E-state index in [0.717, 1.165) is 18.2 Å². The van der Waals surface area contributed by atoms with Gasteiger partial charge in [0, 0.05) is 6.08 Å². The SMILES string of the molecule is COC(=O)c1cc(CNC(=O)C=Cc2ccc(Cl)c(C(F)(F)F)c2)oc1C. The van der Waals surface area contributed by atoms with Gasteiger partial charge in [0.2, 0.25) is 5.91 Å². The van der Waals surface area contributed by atoms with E-state index in [4.69, 9.17) is 16.0 Å². The normalized spacial score (nSPS) is 11.6. The second-order valence-electron chi connectivity index (χ2n) is 5.46. The van der Waals surface area contributed by atoms with E-state index in [1.807, 2.05) is 0 Å². The molecule has 0 aliphatic carbocycles. The molecule has 1 N–H and O–H groups in total. The number of alkyl halides is 3. The number of hydrogen-bond acceptors (Lipinski definition) is 4. The molecule has 0 spiro atoms. The second-order valence-corrected chi connectivity index (χ2v) is 5.87. The van der Waals surface area contributed by atoms with Gasteiger partial charge in [-0.15, -0.1) is 0 Å². The molecule has 27 heavy (non-hydrogen) atoms. The summed E-state index contributed by atoms with van der Waals surface area (Å²) < 4.78 is 48.4. The van der Waals surface area contributed by atoms with Crippen LogP contribution in [0, 0.1) is 6.92 Å². The topological polar surface area (TPSA) is 68.5 Å². The lowest BCUT2D eigenvalue weighted by Gasteiger charge is -2.09. The molecular weight excluding hydrogens is 387 g/mol. The molecule has 1 amide bonds. The van der Waals surface area contributed by atoms with Crippen LogP contribution in [0.5, 0.6) is 0 Å². The molecular formula is C18H15ClF3NO4. The van der Waals surface area contributed by atoms with Crippen LogP contribution in [0.15, 0.2) is 34.8 Å². The number of furan rings is 1. The molecule has 9 heteroatoms. The fourth-order valence-electron chi connectivity index (χ4n) is 2.21. The summed E-state index contributed by atoms with van der Waals surface area (Å²) in [6, 6.07) is 4.77. The van der Waals surface area contributed by atoms with Gasteiger partial charge in [0.05, 0.1) is 24.2 Å². The van der Waals surface area contributed by atoms with Crippen molar-refractivity contribution in [2.24, 2.45) is 0 Å². The fourth-order valence-corrected chi connectivity index (χ4v) is 2.44. The van der Waals surface area contributed by atoms with E-state index in [0.29, 0.717) is 11.5 Å². The molecule has 0 fully saturated rings. The van der Waals surface area contributed by atoms with Gasteiger partial charge in [-0.2, -0.15) is 13.2 Å². The van der Waals surface area contributed by atoms with E-state index in [2.05, 4.69) is 10.1 Å². The van der Waals surface area contributed by atoms with Gasteiger partial charge in [0.25, 0.3) is 0 Å². The third-order valence-corrected chi connectivity index (χ3v) is 3.86. The molecule has 1 aromatic carbocycles. The molecule has 1 heterocycles. The highest BCUT2D eigenvalue weighted by molar-refractivity contribution is 6.31. The van der Waals surface area contributed by atoms with Crippen LogP contribution in [0.2, 0.25) is 5.02 Å². The zero-order valence-corrected chi connectivity index (χ0v) is 15.1. The molecule has 0 aliphatic rings. The van der Waals surface area contributed by atoms with Crippen molar-refractivity contribution in [3.63, 3.8) is 0 Å². The molecule has 0 unspecified atom stereocenters. The van der Waals surface area contributed by atoms with Crippen LogP contribution in [0.4, 0.5) is 13.2 Å². The van der Waals surface area contributed by atoms with Crippen LogP contribution < -0.4 is 5.32 Å². The summed E-state index contributed by atoms with van der Waals surface area (Å²) >= 11 is 5.54. The van der Waals surface area contributed by atoms with Crippen molar-refractivity contribution in [2.45, 2.75) is 19.6 Å². The maximum Gasteiger partial charge on any atom is 0.417 e. The Morgan fingerprint density at radius 3 is 2.63 bits per heavy atom. The van der Waals surface area contributed by atoms with Crippen molar-refractivity contribution in [1.29, 1.82) is 0 Å². The van der Waals surface area contributed by atoms with Gasteiger partial charge in [-0.3, -0.25) is 4.79 Å². The largest absolute Gasteiger partial charge is 0.465 e. The first-order chi connectivity index (χ1) is 12.6. The molecule has 2 rings (SSSR count). The van der Waals surface area contributed by atoms with Crippen molar-refractivity contribution in [2.75, 3.05) is 7.11 Å². The van der Waals surface area contributed by atoms with Gasteiger partial charge in [-0.1, -0.05) is 17.7 Å². The molecule has 144 valence electrons. The number of carbonyl (C=O) groups excluding carboxylic acids is 2. The first-order valence-corrected chi connectivity index (χ1v) is 8.00. The summed E-state index contributed by atoms with van der Waals surface area (Å²) in [5.41, 5.74) is -0.560. The summed E-state index contributed by atoms with van der Waals surface area (Å²) in [6.45, 7) is 1.58. The standard InChI is InChI=1S/C18H15ClF3NO4/c1-10-13(17(25)26-2)8-12(27-10)9-23-16(24)6-4-11-3-5-15(19)14(7-11)18(20,21)22/h3-8H,9H2,1-2H3,(H,23,24). The Hall–Kier alpha value is -2.74. The van der Waals surface area contributed by atoms with E-state index < -0.39 is 28.6 Å². The first-order valence-electron chi connectivity index (χ1n) is 7.62. The summed E-state index contributed by atoms with van der Waals surface area (Å²) in [5, 5.41) is 2.09. The number of benzene rings is 1. The maximum atomic E-state index is 12.8. The van der Waals surface area contributed by atoms with Crippen LogP contribution in [0.25, 0.3) is 6.08 Å². The van der Waals surface area contributed by atoms with Gasteiger partial charge in [-0.25, -0.2) is 4.79 Å². The molecule has 0 saturated heterocycles. The Kier molecular flexibility index (Phi) is 6.32. The van der Waals surface area contributed by atoms with E-state index in [1.54, 1.807) is 6.92 Å². The van der Waals surface area contributed by atoms with Gasteiger partial charge >= 0.3 is 12.1 Å². The minimum Gasteiger partial charge on any atom is -0.465 e. The van der Waals surface area contributed by atoms with Crippen LogP contribution in [-0.2, 0) is 22.3 Å². The predicted molar refractivity (Wildman–Crippen MR) is 92.1 cm³/mol. The first kappa shape index (κ1) is 20.6. The quantitative estimate of drug-likeness (QED) is 0.596. The van der Waals surface area contributed by atoms with E-state index in [9.17, 15) is 22.8 Å². The summed E-state index contributed by atoms with van der Waals surface area (Å²) in [6.07, 6.45) is -2.27. The van der Waals surface area contributed by atoms with Crippen molar-refractivity contribution in [1.82, 2.24) is 5.32 Å². The molecule has 1 aromatic heterocycles. The van der Waals surface area contributed by atoms with Gasteiger partial charge in [0.1, 0.15) is 17.1 Å². The Bertz CT molecular complexity index is 887. The Morgan fingerprint density at radius 2 is 2.00 bits per heavy atom. The average molecular weight is 402 g/mol. The van der Waals surface area contributed by atoms with Crippen molar-refractivity contribution in [3.05, 3.63) is 63.6 Å². The van der Waals surface area contributed by atoms with Gasteiger partial charge in [0.15, 0.2) is 0 Å². The number of esters is 1. The van der Waals surface area contributed by atoms with Gasteiger partial charge < -0.3 is 14.5 Å². The zero-order valence-electron chi connectivity index (χ0n) is 14.3. The molecule has 0 bridgehead atoms. The highest BCUT2D eigenvalue weighted by Gasteiger charge is 2.33. The number of rotatable bonds is 5. The zero-order chi connectivity index (χ0) is 20.2. The molecule has 5 nitrogen and oxygen atoms in total. The minimum atomic E-state index is -4.59. The average Bonchev–Trinajstić information content (AvgIpc) is 2.98. The summed E-state index contributed by atoms with van der Waals surface area (Å²) in [7, 11) is 1.24. The summed E-state index contributed by atoms with van der Waals surface area (Å²) in [5.74, 6) is -0.424. The number of aryl methyl sites for hydroxylation is 1. The smallest absolute Gasteiger partial charge is 0.417 e. The Labute approximate surface area is 157 Å². The molecule has 0 atom stereocenters. The van der Waals surface area contributed by atoms with Crippen molar-refractivity contribution < 1.29 is 31.9 Å². The molecule has 2 aromatic rings. The number of methoxy groups -OCH3 is 1. The van der Waals surface area contributed by atoms with Crippen molar-refractivity contribution in [3.8, 4) is 0 Å². The lowest BCUT2D eigenvalue weighted by molar-refractivity contribution is -0.137. The number of ether oxygens (including phenoxy) is 1. The fraction of sp³-hybridized carbons (Fsp3) is 0.222. The molecule has 0 aliphatic heterocycles. The number of amides is 1. The van der Waals surface area contributed by atoms with E-state index in [1.165, 1.54) is 25.3 Å². The molecule has 0 saturated carbocycles. The lowest BCUT2D eigenvalue weighted by atomic mass is 10.1. The number of nitrogens with one attached hydrogen (secondary N) is 1. The van der Waals surface area contributed by atoms with Gasteiger partial charge in [-0.05, 0) is 36.8 Å². The maximum absolute atomic E-state index is 12.8. The van der Waals surface area contributed by atoms with Crippen molar-refractivity contribution >= 4 is 29.6 Å². The van der Waals surface area contributed by atoms with Crippen LogP contribution in [-0.4, -0.2) is 19.0 Å². The van der Waals surface area contributed by atoms with Crippen LogP contribution >= 0.6 is 11.6 Å². The van der Waals surface area contributed by atoms with E-state index >= 15 is 0 Å². The minimum absolute atomic E-state index is 0.00454. The van der Waals surface area contributed by atoms with E-state index in [-0.39, 0.29) is 17.7 Å². The third kappa shape index (κ3) is 5.37. The van der Waals surface area contributed by atoms with Crippen LogP contribution in [0.1, 0.15) is 33.0 Å². The highest BCUT2D eigenvalue weighted by Crippen LogP contribution is 2.35. The number of carbonyl (C=O) groups is 2. The predicted octanol–water partition coefficient (Wildman–Crippen LogP) is 4.38. The monoisotopic (exact) mass is 401 g/mol. The highest BCUT2D eigenvalue weighted by atomic mass is 35.5. The van der Waals surface area contributed by atoms with Crippen LogP contribution in [0.3, 0.4) is 0 Å². The number of hydrogen-bond donors (Lipinski definition) is 1. The summed E-state index contributed by atoms with van der Waals surface area (Å²) in [4.78, 5) is 23.3. The Morgan fingerprint density at radius 1 is 1.30 bits per heavy atom. The second kappa shape index (κ2) is 8.30. The number of halogens is 4. The molecule has 0 radical (unpaired) electrons. The Balaban J connectivity index is 2.01. The third-order valence-electron chi connectivity index (χ3n) is 3.53. The lowest BCUT2D eigenvalue weighted by Crippen LogP contribution is -2.19.